The van der Waals surface area contributed by atoms with E-state index in [-0.39, 0.29) is 11.8 Å². The van der Waals surface area contributed by atoms with Crippen LogP contribution in [0.2, 0.25) is 0 Å². The van der Waals surface area contributed by atoms with Crippen LogP contribution in [0.3, 0.4) is 0 Å². The third-order valence-corrected chi connectivity index (χ3v) is 7.10. The fourth-order valence-corrected chi connectivity index (χ4v) is 4.96. The van der Waals surface area contributed by atoms with Gasteiger partial charge in [0.25, 0.3) is 5.91 Å². The molecule has 0 saturated carbocycles. The second kappa shape index (κ2) is 11.5. The van der Waals surface area contributed by atoms with E-state index >= 15 is 0 Å². The topological polar surface area (TPSA) is 94.9 Å². The van der Waals surface area contributed by atoms with Crippen molar-refractivity contribution in [3.63, 3.8) is 0 Å². The lowest BCUT2D eigenvalue weighted by Crippen LogP contribution is -2.50. The average molecular weight is 516 g/mol. The number of para-hydroxylation sites is 2. The summed E-state index contributed by atoms with van der Waals surface area (Å²) in [6.07, 6.45) is 4.35. The molecule has 1 saturated heterocycles. The molecule has 1 aliphatic heterocycles. The van der Waals surface area contributed by atoms with Gasteiger partial charge in [0.2, 0.25) is 11.8 Å². The Hall–Kier alpha value is -4.11. The van der Waals surface area contributed by atoms with Crippen LogP contribution in [-0.4, -0.2) is 76.3 Å². The maximum atomic E-state index is 13.0. The van der Waals surface area contributed by atoms with Gasteiger partial charge in [-0.3, -0.25) is 14.5 Å². The standard InChI is InChI=1S/C29H33N5O4/c1-21(35)33-13-15-34(16-14-33)29(36)26-20-38-28(31-26)19-32(18-23-7-3-6-10-27(23)37-2)12-11-22-17-30-25-9-5-4-8-24(22)25/h3-10,17,20,30H,11-16,18-19H2,1-2H3. The smallest absolute Gasteiger partial charge is 0.275 e. The Balaban J connectivity index is 1.29. The minimum Gasteiger partial charge on any atom is -0.496 e. The number of hydrogen-bond acceptors (Lipinski definition) is 6. The van der Waals surface area contributed by atoms with Gasteiger partial charge in [-0.25, -0.2) is 4.98 Å². The van der Waals surface area contributed by atoms with Crippen molar-refractivity contribution >= 4 is 22.7 Å². The first-order valence-electron chi connectivity index (χ1n) is 12.9. The largest absolute Gasteiger partial charge is 0.496 e. The third-order valence-electron chi connectivity index (χ3n) is 7.10. The van der Waals surface area contributed by atoms with Gasteiger partial charge in [0, 0.05) is 68.9 Å². The minimum atomic E-state index is -0.168. The summed E-state index contributed by atoms with van der Waals surface area (Å²) in [5.74, 6) is 1.18. The number of aromatic amines is 1. The van der Waals surface area contributed by atoms with Crippen LogP contribution >= 0.6 is 0 Å². The zero-order chi connectivity index (χ0) is 26.5. The van der Waals surface area contributed by atoms with E-state index in [0.29, 0.717) is 50.9 Å². The molecule has 1 N–H and O–H groups in total. The summed E-state index contributed by atoms with van der Waals surface area (Å²) in [7, 11) is 1.68. The number of nitrogens with zero attached hydrogens (tertiary/aromatic N) is 4. The van der Waals surface area contributed by atoms with Gasteiger partial charge in [0.05, 0.1) is 13.7 Å². The highest BCUT2D eigenvalue weighted by Gasteiger charge is 2.26. The summed E-state index contributed by atoms with van der Waals surface area (Å²) >= 11 is 0. The van der Waals surface area contributed by atoms with Gasteiger partial charge < -0.3 is 23.9 Å². The van der Waals surface area contributed by atoms with E-state index in [4.69, 9.17) is 9.15 Å². The lowest BCUT2D eigenvalue weighted by atomic mass is 10.1. The summed E-state index contributed by atoms with van der Waals surface area (Å²) in [5.41, 5.74) is 3.74. The molecule has 0 radical (unpaired) electrons. The summed E-state index contributed by atoms with van der Waals surface area (Å²) in [6.45, 7) is 5.46. The molecule has 38 heavy (non-hydrogen) atoms. The fourth-order valence-electron chi connectivity index (χ4n) is 4.96. The molecular formula is C29H33N5O4. The number of carbonyl (C=O) groups excluding carboxylic acids is 2. The number of H-pyrrole nitrogens is 1. The molecular weight excluding hydrogens is 482 g/mol. The van der Waals surface area contributed by atoms with Crippen LogP contribution in [0.4, 0.5) is 0 Å². The number of oxazole rings is 1. The molecule has 3 heterocycles. The first-order valence-corrected chi connectivity index (χ1v) is 12.9. The minimum absolute atomic E-state index is 0.0311. The first kappa shape index (κ1) is 25.5. The number of ether oxygens (including phenoxy) is 1. The molecule has 0 atom stereocenters. The zero-order valence-electron chi connectivity index (χ0n) is 21.9. The van der Waals surface area contributed by atoms with Crippen LogP contribution in [-0.2, 0) is 24.3 Å². The Labute approximate surface area is 222 Å². The maximum Gasteiger partial charge on any atom is 0.275 e. The van der Waals surface area contributed by atoms with Crippen molar-refractivity contribution in [3.05, 3.63) is 83.7 Å². The zero-order valence-corrected chi connectivity index (χ0v) is 21.9. The number of nitrogens with one attached hydrogen (secondary N) is 1. The molecule has 0 bridgehead atoms. The van der Waals surface area contributed by atoms with E-state index in [1.54, 1.807) is 23.8 Å². The normalized spacial score (nSPS) is 13.9. The van der Waals surface area contributed by atoms with Crippen molar-refractivity contribution in [2.75, 3.05) is 39.8 Å². The average Bonchev–Trinajstić information content (AvgIpc) is 3.59. The van der Waals surface area contributed by atoms with Gasteiger partial charge in [-0.1, -0.05) is 36.4 Å². The van der Waals surface area contributed by atoms with Crippen LogP contribution < -0.4 is 4.74 Å². The molecule has 9 heteroatoms. The Bertz CT molecular complexity index is 1400. The number of rotatable bonds is 9. The summed E-state index contributed by atoms with van der Waals surface area (Å²) in [4.78, 5) is 38.2. The van der Waals surface area contributed by atoms with Gasteiger partial charge in [-0.05, 0) is 24.1 Å². The van der Waals surface area contributed by atoms with Crippen LogP contribution in [0.5, 0.6) is 5.75 Å². The van der Waals surface area contributed by atoms with Crippen LogP contribution in [0.1, 0.15) is 34.4 Å². The molecule has 198 valence electrons. The molecule has 4 aromatic rings. The van der Waals surface area contributed by atoms with E-state index in [9.17, 15) is 9.59 Å². The molecule has 5 rings (SSSR count). The van der Waals surface area contributed by atoms with Crippen LogP contribution in [0.25, 0.3) is 10.9 Å². The Morgan fingerprint density at radius 2 is 1.74 bits per heavy atom. The second-order valence-corrected chi connectivity index (χ2v) is 9.56. The summed E-state index contributed by atoms with van der Waals surface area (Å²) < 4.78 is 11.3. The predicted octanol–water partition coefficient (Wildman–Crippen LogP) is 3.71. The number of aromatic nitrogens is 2. The monoisotopic (exact) mass is 515 g/mol. The maximum absolute atomic E-state index is 13.0. The number of amides is 2. The van der Waals surface area contributed by atoms with Crippen molar-refractivity contribution in [2.24, 2.45) is 0 Å². The van der Waals surface area contributed by atoms with Gasteiger partial charge in [0.15, 0.2) is 5.69 Å². The Morgan fingerprint density at radius 1 is 1.00 bits per heavy atom. The molecule has 1 fully saturated rings. The fraction of sp³-hybridized carbons (Fsp3) is 0.345. The van der Waals surface area contributed by atoms with Crippen LogP contribution in [0, 0.1) is 0 Å². The quantitative estimate of drug-likeness (QED) is 0.365. The van der Waals surface area contributed by atoms with E-state index in [1.165, 1.54) is 17.2 Å². The van der Waals surface area contributed by atoms with Crippen molar-refractivity contribution in [1.29, 1.82) is 0 Å². The molecule has 2 aromatic carbocycles. The lowest BCUT2D eigenvalue weighted by Gasteiger charge is -2.33. The molecule has 9 nitrogen and oxygen atoms in total. The molecule has 1 aliphatic rings. The highest BCUT2D eigenvalue weighted by atomic mass is 16.5. The van der Waals surface area contributed by atoms with E-state index in [2.05, 4.69) is 45.3 Å². The Morgan fingerprint density at radius 3 is 2.53 bits per heavy atom. The molecule has 0 aliphatic carbocycles. The predicted molar refractivity (Wildman–Crippen MR) is 144 cm³/mol. The van der Waals surface area contributed by atoms with E-state index < -0.39 is 0 Å². The first-order chi connectivity index (χ1) is 18.5. The number of carbonyl (C=O) groups is 2. The Kier molecular flexibility index (Phi) is 7.74. The van der Waals surface area contributed by atoms with Crippen molar-refractivity contribution in [1.82, 2.24) is 24.7 Å². The number of hydrogen-bond donors (Lipinski definition) is 1. The van der Waals surface area contributed by atoms with Crippen molar-refractivity contribution in [2.45, 2.75) is 26.4 Å². The molecule has 2 amide bonds. The highest BCUT2D eigenvalue weighted by Crippen LogP contribution is 2.23. The van der Waals surface area contributed by atoms with E-state index in [0.717, 1.165) is 29.8 Å². The number of fused-ring (bicyclic) bond motifs is 1. The third kappa shape index (κ3) is 5.73. The molecule has 0 unspecified atom stereocenters. The highest BCUT2D eigenvalue weighted by molar-refractivity contribution is 5.92. The van der Waals surface area contributed by atoms with Gasteiger partial charge in [-0.15, -0.1) is 0 Å². The van der Waals surface area contributed by atoms with Crippen LogP contribution in [0.15, 0.2) is 65.4 Å². The van der Waals surface area contributed by atoms with Crippen molar-refractivity contribution in [3.8, 4) is 5.75 Å². The number of benzene rings is 2. The SMILES string of the molecule is COc1ccccc1CN(CCc1c[nH]c2ccccc12)Cc1nc(C(=O)N2CCN(C(C)=O)CC2)co1. The van der Waals surface area contributed by atoms with Gasteiger partial charge >= 0.3 is 0 Å². The second-order valence-electron chi connectivity index (χ2n) is 9.56. The lowest BCUT2D eigenvalue weighted by molar-refractivity contribution is -0.130. The molecule has 2 aromatic heterocycles. The van der Waals surface area contributed by atoms with Crippen molar-refractivity contribution < 1.29 is 18.7 Å². The van der Waals surface area contributed by atoms with Gasteiger partial charge in [0.1, 0.15) is 12.0 Å². The number of methoxy groups -OCH3 is 1. The van der Waals surface area contributed by atoms with Gasteiger partial charge in [-0.2, -0.15) is 0 Å². The number of piperazine rings is 1. The molecule has 0 spiro atoms. The van der Waals surface area contributed by atoms with E-state index in [1.807, 2.05) is 24.3 Å². The summed E-state index contributed by atoms with van der Waals surface area (Å²) in [5, 5.41) is 1.22. The summed E-state index contributed by atoms with van der Waals surface area (Å²) in [6, 6.07) is 16.3.